The zero-order valence-corrected chi connectivity index (χ0v) is 10.7. The van der Waals surface area contributed by atoms with E-state index >= 15 is 0 Å². The summed E-state index contributed by atoms with van der Waals surface area (Å²) in [5.74, 6) is 0.619. The lowest BCUT2D eigenvalue weighted by Crippen LogP contribution is -2.14. The van der Waals surface area contributed by atoms with Crippen LogP contribution < -0.4 is 10.2 Å². The number of aryl methyl sites for hydroxylation is 1. The summed E-state index contributed by atoms with van der Waals surface area (Å²) in [6.45, 7) is 0. The molecule has 0 bridgehead atoms. The summed E-state index contributed by atoms with van der Waals surface area (Å²) in [6, 6.07) is 5.29. The number of hydrogen-bond acceptors (Lipinski definition) is 3. The Morgan fingerprint density at radius 2 is 2.06 bits per heavy atom. The third-order valence-electron chi connectivity index (χ3n) is 2.67. The number of ether oxygens (including phenoxy) is 1. The number of benzene rings is 1. The minimum absolute atomic E-state index is 0.196. The van der Waals surface area contributed by atoms with Crippen LogP contribution in [0.5, 0.6) is 5.75 Å². The van der Waals surface area contributed by atoms with Gasteiger partial charge in [0.1, 0.15) is 10.6 Å². The van der Waals surface area contributed by atoms with Gasteiger partial charge in [-0.3, -0.25) is 9.00 Å². The number of fused-ring (bicyclic) bond motifs is 1. The molecule has 0 aliphatic heterocycles. The molecule has 5 heteroatoms. The number of rotatable bonds is 2. The quantitative estimate of drug-likeness (QED) is 0.808. The maximum atomic E-state index is 12.1. The average Bonchev–Trinajstić information content (AvgIpc) is 2.32. The van der Waals surface area contributed by atoms with Gasteiger partial charge in [-0.1, -0.05) is 0 Å². The van der Waals surface area contributed by atoms with Crippen molar-refractivity contribution in [1.29, 1.82) is 0 Å². The third kappa shape index (κ3) is 1.98. The summed E-state index contributed by atoms with van der Waals surface area (Å²) in [5, 5.41) is 0.527. The van der Waals surface area contributed by atoms with Gasteiger partial charge in [0.15, 0.2) is 0 Å². The Hall–Kier alpha value is -1.62. The van der Waals surface area contributed by atoms with Crippen molar-refractivity contribution in [2.75, 3.05) is 13.4 Å². The molecular weight excluding hydrogens is 238 g/mol. The van der Waals surface area contributed by atoms with Crippen molar-refractivity contribution in [3.05, 3.63) is 34.6 Å². The van der Waals surface area contributed by atoms with Gasteiger partial charge in [0.05, 0.1) is 28.8 Å². The fraction of sp³-hybridized carbons (Fsp3) is 0.250. The monoisotopic (exact) mass is 251 g/mol. The van der Waals surface area contributed by atoms with Crippen molar-refractivity contribution in [2.45, 2.75) is 4.90 Å². The summed E-state index contributed by atoms with van der Waals surface area (Å²) < 4.78 is 18.4. The summed E-state index contributed by atoms with van der Waals surface area (Å²) in [7, 11) is 2.08. The second-order valence-electron chi connectivity index (χ2n) is 3.77. The molecule has 0 spiro atoms. The molecule has 4 nitrogen and oxygen atoms in total. The van der Waals surface area contributed by atoms with Crippen LogP contribution in [0, 0.1) is 0 Å². The summed E-state index contributed by atoms with van der Waals surface area (Å²) in [5.41, 5.74) is 0.600. The van der Waals surface area contributed by atoms with Crippen LogP contribution in [0.15, 0.2) is 34.1 Å². The molecule has 0 saturated carbocycles. The fourth-order valence-corrected chi connectivity index (χ4v) is 2.45. The van der Waals surface area contributed by atoms with Crippen molar-refractivity contribution in [1.82, 2.24) is 4.57 Å². The van der Waals surface area contributed by atoms with Crippen LogP contribution in [-0.2, 0) is 17.8 Å². The molecule has 1 aromatic carbocycles. The summed E-state index contributed by atoms with van der Waals surface area (Å²) >= 11 is 0. The smallest absolute Gasteiger partial charge is 0.205 e. The molecule has 1 heterocycles. The van der Waals surface area contributed by atoms with E-state index in [1.165, 1.54) is 6.26 Å². The molecule has 1 aromatic heterocycles. The lowest BCUT2D eigenvalue weighted by molar-refractivity contribution is 0.415. The molecule has 17 heavy (non-hydrogen) atoms. The van der Waals surface area contributed by atoms with Crippen LogP contribution in [0.4, 0.5) is 0 Å². The Balaban J connectivity index is 2.90. The molecule has 1 unspecified atom stereocenters. The van der Waals surface area contributed by atoms with Gasteiger partial charge >= 0.3 is 0 Å². The standard InChI is InChI=1S/C12H13NO3S/c1-13-7-11(17(3)15)12(14)9-6-8(16-2)4-5-10(9)13/h4-7H,1-3H3. The van der Waals surface area contributed by atoms with Gasteiger partial charge in [-0.05, 0) is 18.2 Å². The number of hydrogen-bond donors (Lipinski definition) is 0. The van der Waals surface area contributed by atoms with E-state index in [-0.39, 0.29) is 5.43 Å². The van der Waals surface area contributed by atoms with Crippen molar-refractivity contribution < 1.29 is 8.95 Å². The Morgan fingerprint density at radius 3 is 2.65 bits per heavy atom. The van der Waals surface area contributed by atoms with Crippen molar-refractivity contribution in [3.63, 3.8) is 0 Å². The molecule has 0 aliphatic carbocycles. The van der Waals surface area contributed by atoms with Crippen LogP contribution in [0.25, 0.3) is 10.9 Å². The lowest BCUT2D eigenvalue weighted by atomic mass is 10.2. The zero-order valence-electron chi connectivity index (χ0n) is 9.89. The Kier molecular flexibility index (Phi) is 3.02. The van der Waals surface area contributed by atoms with E-state index in [1.807, 2.05) is 13.1 Å². The highest BCUT2D eigenvalue weighted by Gasteiger charge is 2.10. The lowest BCUT2D eigenvalue weighted by Gasteiger charge is -2.08. The first-order valence-corrected chi connectivity index (χ1v) is 6.61. The maximum Gasteiger partial charge on any atom is 0.205 e. The van der Waals surface area contributed by atoms with Crippen LogP contribution in [0.2, 0.25) is 0 Å². The topological polar surface area (TPSA) is 48.3 Å². The molecule has 90 valence electrons. The molecule has 2 aromatic rings. The van der Waals surface area contributed by atoms with Crippen LogP contribution in [0.1, 0.15) is 0 Å². The predicted molar refractivity (Wildman–Crippen MR) is 68.1 cm³/mol. The molecule has 0 amide bonds. The number of aromatic nitrogens is 1. The predicted octanol–water partition coefficient (Wildman–Crippen LogP) is 1.28. The van der Waals surface area contributed by atoms with Gasteiger partial charge in [0.25, 0.3) is 0 Å². The summed E-state index contributed by atoms with van der Waals surface area (Å²) in [6.07, 6.45) is 3.12. The van der Waals surface area contributed by atoms with Crippen LogP contribution in [-0.4, -0.2) is 22.1 Å². The molecule has 2 rings (SSSR count). The molecule has 0 aliphatic rings. The highest BCUT2D eigenvalue weighted by Crippen LogP contribution is 2.18. The van der Waals surface area contributed by atoms with E-state index in [0.29, 0.717) is 16.0 Å². The van der Waals surface area contributed by atoms with Gasteiger partial charge in [0.2, 0.25) is 5.43 Å². The largest absolute Gasteiger partial charge is 0.497 e. The second kappa shape index (κ2) is 4.33. The number of nitrogens with zero attached hydrogens (tertiary/aromatic N) is 1. The first-order chi connectivity index (χ1) is 8.04. The van der Waals surface area contributed by atoms with E-state index < -0.39 is 10.8 Å². The van der Waals surface area contributed by atoms with Crippen molar-refractivity contribution in [3.8, 4) is 5.75 Å². The first kappa shape index (κ1) is 11.9. The Morgan fingerprint density at radius 1 is 1.35 bits per heavy atom. The number of methoxy groups -OCH3 is 1. The first-order valence-electron chi connectivity index (χ1n) is 5.05. The van der Waals surface area contributed by atoms with E-state index in [2.05, 4.69) is 0 Å². The van der Waals surface area contributed by atoms with Crippen LogP contribution in [0.3, 0.4) is 0 Å². The highest BCUT2D eigenvalue weighted by molar-refractivity contribution is 7.84. The molecule has 1 atom stereocenters. The molecular formula is C12H13NO3S. The number of pyridine rings is 1. The Labute approximate surface area is 101 Å². The fourth-order valence-electron chi connectivity index (χ4n) is 1.77. The minimum Gasteiger partial charge on any atom is -0.497 e. The average molecular weight is 251 g/mol. The van der Waals surface area contributed by atoms with E-state index in [0.717, 1.165) is 5.52 Å². The van der Waals surface area contributed by atoms with Crippen molar-refractivity contribution in [2.24, 2.45) is 7.05 Å². The molecule has 0 N–H and O–H groups in total. The molecule has 0 fully saturated rings. The zero-order chi connectivity index (χ0) is 12.6. The van der Waals surface area contributed by atoms with Crippen LogP contribution >= 0.6 is 0 Å². The van der Waals surface area contributed by atoms with Gasteiger partial charge in [-0.2, -0.15) is 0 Å². The van der Waals surface area contributed by atoms with E-state index in [9.17, 15) is 9.00 Å². The minimum atomic E-state index is -1.29. The molecule has 0 saturated heterocycles. The maximum absolute atomic E-state index is 12.1. The summed E-state index contributed by atoms with van der Waals surface area (Å²) in [4.78, 5) is 12.4. The van der Waals surface area contributed by atoms with E-state index in [1.54, 1.807) is 30.0 Å². The normalized spacial score (nSPS) is 12.6. The SMILES string of the molecule is COc1ccc2c(c1)c(=O)c(S(C)=O)cn2C. The van der Waals surface area contributed by atoms with Gasteiger partial charge < -0.3 is 9.30 Å². The highest BCUT2D eigenvalue weighted by atomic mass is 32.2. The van der Waals surface area contributed by atoms with E-state index in [4.69, 9.17) is 4.74 Å². The third-order valence-corrected chi connectivity index (χ3v) is 3.58. The van der Waals surface area contributed by atoms with Gasteiger partial charge in [-0.15, -0.1) is 0 Å². The van der Waals surface area contributed by atoms with Gasteiger partial charge in [-0.25, -0.2) is 0 Å². The van der Waals surface area contributed by atoms with Crippen molar-refractivity contribution >= 4 is 21.7 Å². The second-order valence-corrected chi connectivity index (χ2v) is 5.12. The van der Waals surface area contributed by atoms with Gasteiger partial charge in [0, 0.05) is 19.5 Å². The Bertz CT molecular complexity index is 661. The molecule has 0 radical (unpaired) electrons.